The molecule has 1 heterocycles. The van der Waals surface area contributed by atoms with Crippen LogP contribution in [0, 0.1) is 0 Å². The Hall–Kier alpha value is -4.03. The average Bonchev–Trinajstić information content (AvgIpc) is 2.74. The quantitative estimate of drug-likeness (QED) is 0.0715. The molecule has 0 amide bonds. The van der Waals surface area contributed by atoms with Gasteiger partial charge in [0.15, 0.2) is 0 Å². The van der Waals surface area contributed by atoms with E-state index >= 15 is 0 Å². The topological polar surface area (TPSA) is 67.9 Å². The van der Waals surface area contributed by atoms with Crippen LogP contribution in [0.25, 0.3) is 0 Å². The fourth-order valence-corrected chi connectivity index (χ4v) is 83.5. The maximum atomic E-state index is 8.54. The van der Waals surface area contributed by atoms with Crippen molar-refractivity contribution in [2.24, 2.45) is 16.2 Å². The van der Waals surface area contributed by atoms with Crippen molar-refractivity contribution >= 4 is 140 Å². The second-order valence-electron chi connectivity index (χ2n) is 23.7. The van der Waals surface area contributed by atoms with Gasteiger partial charge in [0.1, 0.15) is 0 Å². The van der Waals surface area contributed by atoms with Crippen molar-refractivity contribution in [3.05, 3.63) is 243 Å². The predicted octanol–water partition coefficient (Wildman–Crippen LogP) is 15.1. The summed E-state index contributed by atoms with van der Waals surface area (Å²) >= 11 is -7.64. The molecule has 0 saturated heterocycles. The number of rotatable bonds is 16. The van der Waals surface area contributed by atoms with Gasteiger partial charge in [-0.2, -0.15) is 0 Å². The van der Waals surface area contributed by atoms with E-state index in [-0.39, 0.29) is 0 Å². The minimum atomic E-state index is -3.82. The Labute approximate surface area is 480 Å². The Bertz CT molecular complexity index is 3270. The monoisotopic (exact) mass is 1290 g/mol. The molecule has 8 aromatic carbocycles. The van der Waals surface area contributed by atoms with Crippen LogP contribution in [0.2, 0.25) is 78.6 Å². The van der Waals surface area contributed by atoms with Crippen LogP contribution >= 0.6 is 28.2 Å². The Morgan fingerprint density at radius 1 is 0.308 bits per heavy atom. The van der Waals surface area contributed by atoms with Gasteiger partial charge in [-0.3, -0.25) is 0 Å². The van der Waals surface area contributed by atoms with Gasteiger partial charge in [0, 0.05) is 0 Å². The summed E-state index contributed by atoms with van der Waals surface area (Å²) in [6, 6.07) is 91.2. The molecule has 400 valence electrons. The Kier molecular flexibility index (Phi) is 17.9. The predicted molar refractivity (Wildman–Crippen MR) is 363 cm³/mol. The van der Waals surface area contributed by atoms with Crippen molar-refractivity contribution in [3.63, 3.8) is 0 Å². The zero-order chi connectivity index (χ0) is 55.5. The number of benzene rings is 8. The van der Waals surface area contributed by atoms with Crippen LogP contribution in [-0.4, -0.2) is 69.7 Å². The van der Waals surface area contributed by atoms with Crippen molar-refractivity contribution in [2.75, 3.05) is 0 Å². The number of hydrogen-bond donors (Lipinski definition) is 0. The SMILES string of the molecule is C[Si](C)(C)N=P([C]1=[Ge]([O][Si](C)(C)C)[N]=P(c2ccccc2)(c2ccccc2)[C](P(=N[Si](C)(C)C)(c2ccccc2)c2ccccc2)=[Ge]([O][Si](C)(C)C)[N]=P1(c1ccccc1)c1ccccc1)(c1ccccc1)c1ccccc1. The summed E-state index contributed by atoms with van der Waals surface area (Å²) < 4.78 is 47.8. The summed E-state index contributed by atoms with van der Waals surface area (Å²) in [4.78, 5) is 0. The Morgan fingerprint density at radius 2 is 0.500 bits per heavy atom. The molecule has 0 saturated carbocycles. The summed E-state index contributed by atoms with van der Waals surface area (Å²) in [5, 5.41) is 9.71. The van der Waals surface area contributed by atoms with E-state index in [2.05, 4.69) is 321 Å². The van der Waals surface area contributed by atoms with E-state index in [1.807, 2.05) is 0 Å². The van der Waals surface area contributed by atoms with Gasteiger partial charge in [-0.15, -0.1) is 0 Å². The van der Waals surface area contributed by atoms with Crippen LogP contribution in [0.3, 0.4) is 0 Å². The molecule has 9 rings (SSSR count). The van der Waals surface area contributed by atoms with Gasteiger partial charge in [-0.05, 0) is 0 Å². The first-order valence-electron chi connectivity index (χ1n) is 27.0. The zero-order valence-electron chi connectivity index (χ0n) is 47.5. The number of hydrogen-bond acceptors (Lipinski definition) is 6. The Balaban J connectivity index is 1.82. The van der Waals surface area contributed by atoms with E-state index < -0.39 is 90.3 Å². The average molecular weight is 1290 g/mol. The first-order chi connectivity index (χ1) is 37.1. The van der Waals surface area contributed by atoms with E-state index in [1.54, 1.807) is 0 Å². The first kappa shape index (κ1) is 58.6. The standard InChI is InChI=1S/C62H76Ge2N4O2P4Si4/c1-75(2,3)67-73(57-45-29-17-30-46-57,58-47-31-18-32-48-58)61-63(69-77(7,8)9)65-72(55-41-25-15-26-42-55,56-43-27-16-28-44-56)62(74(68-76(4,5)6,59-49-33-19-34-50-59)60-51-35-20-36-52-60)64(70-78(10,11)12)66-71(61,53-37-21-13-22-38-53)54-39-23-14-24-40-54/h13-52H,1-12H3. The first-order valence-corrected chi connectivity index (χ1v) is 53.3. The molecule has 0 spiro atoms. The molecule has 8 aromatic rings. The molecular formula is C62H76Ge2N4O2P4Si4. The van der Waals surface area contributed by atoms with Crippen LogP contribution < -0.4 is 42.4 Å². The third-order valence-electron chi connectivity index (χ3n) is 12.8. The molecule has 1 aliphatic rings. The van der Waals surface area contributed by atoms with Gasteiger partial charge in [0.25, 0.3) is 0 Å². The van der Waals surface area contributed by atoms with Crippen LogP contribution in [0.4, 0.5) is 0 Å². The third-order valence-corrected chi connectivity index (χ3v) is 66.8. The van der Waals surface area contributed by atoms with Gasteiger partial charge in [0.2, 0.25) is 0 Å². The maximum absolute atomic E-state index is 8.54. The van der Waals surface area contributed by atoms with Crippen LogP contribution in [0.5, 0.6) is 0 Å². The molecule has 78 heavy (non-hydrogen) atoms. The van der Waals surface area contributed by atoms with Crippen LogP contribution in [0.1, 0.15) is 0 Å². The zero-order valence-corrected chi connectivity index (χ0v) is 59.3. The van der Waals surface area contributed by atoms with Gasteiger partial charge < -0.3 is 0 Å². The van der Waals surface area contributed by atoms with Gasteiger partial charge in [-0.1, -0.05) is 0 Å². The molecule has 0 fully saturated rings. The van der Waals surface area contributed by atoms with Crippen molar-refractivity contribution in [3.8, 4) is 0 Å². The normalized spacial score (nSPS) is 15.2. The van der Waals surface area contributed by atoms with Crippen molar-refractivity contribution in [2.45, 2.75) is 78.6 Å². The van der Waals surface area contributed by atoms with Crippen LogP contribution in [-0.2, 0) is 6.91 Å². The van der Waals surface area contributed by atoms with Crippen molar-refractivity contribution < 1.29 is 6.91 Å². The molecule has 0 unspecified atom stereocenters. The molecule has 0 aliphatic carbocycles. The second-order valence-corrected chi connectivity index (χ2v) is 68.2. The summed E-state index contributed by atoms with van der Waals surface area (Å²) in [6.07, 6.45) is 0. The van der Waals surface area contributed by atoms with Gasteiger partial charge >= 0.3 is 485 Å². The van der Waals surface area contributed by atoms with Crippen LogP contribution in [0.15, 0.2) is 259 Å². The van der Waals surface area contributed by atoms with E-state index in [0.717, 1.165) is 0 Å². The third kappa shape index (κ3) is 12.3. The minimum absolute atomic E-state index is 1.20. The van der Waals surface area contributed by atoms with E-state index in [9.17, 15) is 0 Å². The molecule has 16 heteroatoms. The van der Waals surface area contributed by atoms with Crippen molar-refractivity contribution in [1.29, 1.82) is 0 Å². The number of nitrogens with zero attached hydrogens (tertiary/aromatic N) is 4. The molecule has 0 bridgehead atoms. The Morgan fingerprint density at radius 3 is 0.679 bits per heavy atom. The summed E-state index contributed by atoms with van der Waals surface area (Å²) in [7, 11) is -23.0. The van der Waals surface area contributed by atoms with E-state index in [4.69, 9.17) is 23.1 Å². The molecular weight excluding hydrogens is 1210 g/mol. The summed E-state index contributed by atoms with van der Waals surface area (Å²) in [5.74, 6) is 0. The van der Waals surface area contributed by atoms with Gasteiger partial charge in [-0.25, -0.2) is 0 Å². The second kappa shape index (κ2) is 23.8. The molecule has 0 atom stereocenters. The summed E-state index contributed by atoms with van der Waals surface area (Å²) in [5.41, 5.74) is 0. The molecule has 0 radical (unpaired) electrons. The summed E-state index contributed by atoms with van der Waals surface area (Å²) in [6.45, 7) is 28.9. The van der Waals surface area contributed by atoms with E-state index in [0.29, 0.717) is 0 Å². The van der Waals surface area contributed by atoms with Gasteiger partial charge in [0.05, 0.1) is 0 Å². The molecule has 6 nitrogen and oxygen atoms in total. The molecule has 0 N–H and O–H groups in total. The van der Waals surface area contributed by atoms with E-state index in [1.165, 1.54) is 50.1 Å². The molecule has 1 aliphatic heterocycles. The van der Waals surface area contributed by atoms with Crippen molar-refractivity contribution in [1.82, 2.24) is 0 Å². The fraction of sp³-hybridized carbons (Fsp3) is 0.194. The molecule has 0 aromatic heterocycles. The fourth-order valence-electron chi connectivity index (χ4n) is 10.3.